The number of anilines is 2. The van der Waals surface area contributed by atoms with Crippen LogP contribution in [0.3, 0.4) is 0 Å². The number of nitrogens with zero attached hydrogens (tertiary/aromatic N) is 3. The first kappa shape index (κ1) is 16.3. The number of fused-ring (bicyclic) bond motifs is 1. The summed E-state index contributed by atoms with van der Waals surface area (Å²) in [6.07, 6.45) is 2.68. The van der Waals surface area contributed by atoms with Gasteiger partial charge in [0.15, 0.2) is 5.69 Å². The highest BCUT2D eigenvalue weighted by molar-refractivity contribution is 6.03. The molecule has 0 radical (unpaired) electrons. The van der Waals surface area contributed by atoms with Crippen LogP contribution < -0.4 is 10.2 Å². The lowest BCUT2D eigenvalue weighted by Crippen LogP contribution is -2.19. The van der Waals surface area contributed by atoms with Crippen molar-refractivity contribution in [2.24, 2.45) is 0 Å². The van der Waals surface area contributed by atoms with Gasteiger partial charge < -0.3 is 10.2 Å². The molecule has 26 heavy (non-hydrogen) atoms. The molecule has 0 aliphatic carbocycles. The standard InChI is InChI=1S/C20H19FN4O/c1-2-24-10-8-14-6-7-16(13-19(14)24)22-20(26)18-9-11-25(23-18)17-5-3-4-15(21)12-17/h3-7,9,11-13H,2,8,10H2,1H3,(H,22,26). The molecule has 2 aromatic carbocycles. The first-order chi connectivity index (χ1) is 12.6. The molecule has 1 amide bonds. The van der Waals surface area contributed by atoms with Gasteiger partial charge >= 0.3 is 0 Å². The fraction of sp³-hybridized carbons (Fsp3) is 0.200. The van der Waals surface area contributed by atoms with Gasteiger partial charge in [-0.3, -0.25) is 4.79 Å². The first-order valence-corrected chi connectivity index (χ1v) is 8.65. The van der Waals surface area contributed by atoms with Crippen LogP contribution >= 0.6 is 0 Å². The zero-order chi connectivity index (χ0) is 18.1. The molecule has 132 valence electrons. The van der Waals surface area contributed by atoms with Gasteiger partial charge in [0, 0.05) is 30.7 Å². The van der Waals surface area contributed by atoms with Crippen LogP contribution in [-0.2, 0) is 6.42 Å². The van der Waals surface area contributed by atoms with E-state index in [0.717, 1.165) is 25.2 Å². The predicted molar refractivity (Wildman–Crippen MR) is 99.5 cm³/mol. The summed E-state index contributed by atoms with van der Waals surface area (Å²) in [5, 5.41) is 7.14. The molecule has 3 aromatic rings. The highest BCUT2D eigenvalue weighted by Gasteiger charge is 2.18. The van der Waals surface area contributed by atoms with Crippen molar-refractivity contribution >= 4 is 17.3 Å². The second-order valence-corrected chi connectivity index (χ2v) is 6.25. The topological polar surface area (TPSA) is 50.2 Å². The summed E-state index contributed by atoms with van der Waals surface area (Å²) in [5.74, 6) is -0.635. The number of benzene rings is 2. The number of carbonyl (C=O) groups is 1. The second kappa shape index (κ2) is 6.63. The molecule has 4 rings (SSSR count). The Hall–Kier alpha value is -3.15. The summed E-state index contributed by atoms with van der Waals surface area (Å²) in [6.45, 7) is 4.09. The first-order valence-electron chi connectivity index (χ1n) is 8.65. The van der Waals surface area contributed by atoms with Gasteiger partial charge in [-0.15, -0.1) is 0 Å². The van der Waals surface area contributed by atoms with E-state index in [1.807, 2.05) is 12.1 Å². The van der Waals surface area contributed by atoms with Crippen LogP contribution in [0, 0.1) is 5.82 Å². The largest absolute Gasteiger partial charge is 0.371 e. The van der Waals surface area contributed by atoms with Crippen LogP contribution in [0.4, 0.5) is 15.8 Å². The maximum absolute atomic E-state index is 13.4. The molecule has 0 spiro atoms. The lowest BCUT2D eigenvalue weighted by atomic mass is 10.1. The predicted octanol–water partition coefficient (Wildman–Crippen LogP) is 3.65. The van der Waals surface area contributed by atoms with Crippen LogP contribution in [0.5, 0.6) is 0 Å². The average Bonchev–Trinajstić information content (AvgIpc) is 3.28. The highest BCUT2D eigenvalue weighted by atomic mass is 19.1. The fourth-order valence-corrected chi connectivity index (χ4v) is 3.25. The van der Waals surface area contributed by atoms with Crippen molar-refractivity contribution in [2.75, 3.05) is 23.3 Å². The van der Waals surface area contributed by atoms with E-state index in [4.69, 9.17) is 0 Å². The quantitative estimate of drug-likeness (QED) is 0.781. The summed E-state index contributed by atoms with van der Waals surface area (Å²) in [4.78, 5) is 14.8. The Morgan fingerprint density at radius 1 is 1.23 bits per heavy atom. The van der Waals surface area contributed by atoms with Gasteiger partial charge in [0.1, 0.15) is 5.82 Å². The Morgan fingerprint density at radius 2 is 2.12 bits per heavy atom. The van der Waals surface area contributed by atoms with Crippen LogP contribution in [0.1, 0.15) is 23.0 Å². The Bertz CT molecular complexity index is 966. The van der Waals surface area contributed by atoms with Gasteiger partial charge in [0.05, 0.1) is 5.69 Å². The van der Waals surface area contributed by atoms with Crippen LogP contribution in [-0.4, -0.2) is 28.8 Å². The minimum atomic E-state index is -0.345. The molecule has 0 bridgehead atoms. The van der Waals surface area contributed by atoms with Crippen molar-refractivity contribution in [2.45, 2.75) is 13.3 Å². The molecule has 0 atom stereocenters. The number of nitrogens with one attached hydrogen (secondary N) is 1. The number of halogens is 1. The lowest BCUT2D eigenvalue weighted by molar-refractivity contribution is 0.102. The number of hydrogen-bond donors (Lipinski definition) is 1. The Kier molecular flexibility index (Phi) is 4.16. The van der Waals surface area contributed by atoms with Gasteiger partial charge in [0.25, 0.3) is 5.91 Å². The summed E-state index contributed by atoms with van der Waals surface area (Å²) >= 11 is 0. The van der Waals surface area contributed by atoms with Crippen molar-refractivity contribution < 1.29 is 9.18 Å². The summed E-state index contributed by atoms with van der Waals surface area (Å²) in [5.41, 5.74) is 4.08. The maximum atomic E-state index is 13.4. The minimum Gasteiger partial charge on any atom is -0.371 e. The van der Waals surface area contributed by atoms with E-state index >= 15 is 0 Å². The Labute approximate surface area is 151 Å². The molecule has 0 saturated carbocycles. The van der Waals surface area contributed by atoms with Crippen molar-refractivity contribution in [3.63, 3.8) is 0 Å². The van der Waals surface area contributed by atoms with Gasteiger partial charge in [-0.1, -0.05) is 12.1 Å². The zero-order valence-corrected chi connectivity index (χ0v) is 14.4. The molecular formula is C20H19FN4O. The third kappa shape index (κ3) is 3.06. The normalized spacial score (nSPS) is 12.9. The molecular weight excluding hydrogens is 331 g/mol. The number of likely N-dealkylation sites (N-methyl/N-ethyl adjacent to an activating group) is 1. The summed E-state index contributed by atoms with van der Waals surface area (Å²) in [6, 6.07) is 13.7. The summed E-state index contributed by atoms with van der Waals surface area (Å²) < 4.78 is 14.8. The molecule has 1 aliphatic rings. The van der Waals surface area contributed by atoms with E-state index < -0.39 is 0 Å². The Balaban J connectivity index is 1.53. The van der Waals surface area contributed by atoms with Gasteiger partial charge in [-0.2, -0.15) is 5.10 Å². The molecule has 1 N–H and O–H groups in total. The van der Waals surface area contributed by atoms with E-state index in [2.05, 4.69) is 28.3 Å². The van der Waals surface area contributed by atoms with E-state index in [1.165, 1.54) is 28.1 Å². The van der Waals surface area contributed by atoms with E-state index in [9.17, 15) is 9.18 Å². The van der Waals surface area contributed by atoms with Crippen LogP contribution in [0.25, 0.3) is 5.69 Å². The number of rotatable bonds is 4. The second-order valence-electron chi connectivity index (χ2n) is 6.25. The Morgan fingerprint density at radius 3 is 2.92 bits per heavy atom. The van der Waals surface area contributed by atoms with E-state index in [-0.39, 0.29) is 17.4 Å². The number of amides is 1. The molecule has 0 saturated heterocycles. The maximum Gasteiger partial charge on any atom is 0.276 e. The van der Waals surface area contributed by atoms with E-state index in [1.54, 1.807) is 24.4 Å². The van der Waals surface area contributed by atoms with Gasteiger partial charge in [-0.25, -0.2) is 9.07 Å². The third-order valence-electron chi connectivity index (χ3n) is 4.61. The minimum absolute atomic E-state index is 0.280. The number of carbonyl (C=O) groups excluding carboxylic acids is 1. The molecule has 0 unspecified atom stereocenters. The molecule has 0 fully saturated rings. The molecule has 1 aromatic heterocycles. The van der Waals surface area contributed by atoms with E-state index in [0.29, 0.717) is 5.69 Å². The smallest absolute Gasteiger partial charge is 0.276 e. The zero-order valence-electron chi connectivity index (χ0n) is 14.4. The monoisotopic (exact) mass is 350 g/mol. The van der Waals surface area contributed by atoms with Gasteiger partial charge in [0.2, 0.25) is 0 Å². The molecule has 5 nitrogen and oxygen atoms in total. The average molecular weight is 350 g/mol. The van der Waals surface area contributed by atoms with Crippen LogP contribution in [0.15, 0.2) is 54.7 Å². The van der Waals surface area contributed by atoms with Gasteiger partial charge in [-0.05, 0) is 55.3 Å². The van der Waals surface area contributed by atoms with Crippen molar-refractivity contribution in [3.8, 4) is 5.69 Å². The fourth-order valence-electron chi connectivity index (χ4n) is 3.25. The van der Waals surface area contributed by atoms with Crippen molar-refractivity contribution in [1.82, 2.24) is 9.78 Å². The number of aromatic nitrogens is 2. The van der Waals surface area contributed by atoms with Crippen LogP contribution in [0.2, 0.25) is 0 Å². The highest BCUT2D eigenvalue weighted by Crippen LogP contribution is 2.30. The van der Waals surface area contributed by atoms with Crippen molar-refractivity contribution in [3.05, 3.63) is 71.8 Å². The van der Waals surface area contributed by atoms with Crippen molar-refractivity contribution in [1.29, 1.82) is 0 Å². The molecule has 1 aliphatic heterocycles. The lowest BCUT2D eigenvalue weighted by Gasteiger charge is -2.17. The molecule has 6 heteroatoms. The number of hydrogen-bond acceptors (Lipinski definition) is 3. The third-order valence-corrected chi connectivity index (χ3v) is 4.61. The molecule has 2 heterocycles. The summed E-state index contributed by atoms with van der Waals surface area (Å²) in [7, 11) is 0. The SMILES string of the molecule is CCN1CCc2ccc(NC(=O)c3ccn(-c4cccc(F)c4)n3)cc21.